The van der Waals surface area contributed by atoms with Crippen molar-refractivity contribution in [2.45, 2.75) is 32.4 Å². The predicted molar refractivity (Wildman–Crippen MR) is 81.7 cm³/mol. The largest absolute Gasteiger partial charge is 0.314 e. The summed E-state index contributed by atoms with van der Waals surface area (Å²) < 4.78 is 1.30. The lowest BCUT2D eigenvalue weighted by Gasteiger charge is -2.41. The number of hydrogen-bond acceptors (Lipinski definition) is 4. The summed E-state index contributed by atoms with van der Waals surface area (Å²) in [4.78, 5) is 7.42. The van der Waals surface area contributed by atoms with Crippen LogP contribution in [0, 0.1) is 0 Å². The van der Waals surface area contributed by atoms with Crippen molar-refractivity contribution in [3.05, 3.63) is 29.3 Å². The molecule has 4 heteroatoms. The first-order valence-electron chi connectivity index (χ1n) is 7.11. The molecule has 1 unspecified atom stereocenters. The van der Waals surface area contributed by atoms with Crippen molar-refractivity contribution in [2.75, 3.05) is 19.6 Å². The molecule has 0 aliphatic carbocycles. The predicted octanol–water partition coefficient (Wildman–Crippen LogP) is 3.04. The molecule has 1 fully saturated rings. The maximum absolute atomic E-state index is 4.81. The van der Waals surface area contributed by atoms with Gasteiger partial charge in [0.2, 0.25) is 0 Å². The van der Waals surface area contributed by atoms with E-state index in [-0.39, 0.29) is 0 Å². The first-order chi connectivity index (χ1) is 9.29. The van der Waals surface area contributed by atoms with E-state index in [0.717, 1.165) is 25.2 Å². The fourth-order valence-corrected chi connectivity index (χ4v) is 3.71. The molecule has 0 amide bonds. The van der Waals surface area contributed by atoms with Crippen LogP contribution < -0.4 is 5.32 Å². The fraction of sp³-hybridized carbons (Fsp3) is 0.533. The average Bonchev–Trinajstić information content (AvgIpc) is 2.79. The van der Waals surface area contributed by atoms with Crippen LogP contribution in [0.15, 0.2) is 24.3 Å². The Bertz CT molecular complexity index is 514. The van der Waals surface area contributed by atoms with E-state index in [1.807, 2.05) is 11.3 Å². The summed E-state index contributed by atoms with van der Waals surface area (Å²) in [5.74, 6) is 0. The van der Waals surface area contributed by atoms with E-state index >= 15 is 0 Å². The van der Waals surface area contributed by atoms with Gasteiger partial charge < -0.3 is 5.32 Å². The third kappa shape index (κ3) is 2.53. The number of benzene rings is 1. The minimum absolute atomic E-state index is 0.421. The van der Waals surface area contributed by atoms with Crippen molar-refractivity contribution >= 4 is 21.6 Å². The highest BCUT2D eigenvalue weighted by atomic mass is 32.1. The van der Waals surface area contributed by atoms with Crippen LogP contribution in [0.5, 0.6) is 0 Å². The molecule has 1 aromatic carbocycles. The monoisotopic (exact) mass is 275 g/mol. The first-order valence-corrected chi connectivity index (χ1v) is 7.93. The van der Waals surface area contributed by atoms with Crippen molar-refractivity contribution in [2.24, 2.45) is 0 Å². The van der Waals surface area contributed by atoms with Gasteiger partial charge in [0.1, 0.15) is 5.01 Å². The number of nitrogens with zero attached hydrogens (tertiary/aromatic N) is 2. The Morgan fingerprint density at radius 2 is 2.21 bits per heavy atom. The number of rotatable bonds is 5. The van der Waals surface area contributed by atoms with Gasteiger partial charge in [0, 0.05) is 19.1 Å². The maximum atomic E-state index is 4.81. The smallest absolute Gasteiger partial charge is 0.111 e. The van der Waals surface area contributed by atoms with Gasteiger partial charge in [-0.15, -0.1) is 11.3 Å². The van der Waals surface area contributed by atoms with Gasteiger partial charge in [0.15, 0.2) is 0 Å². The van der Waals surface area contributed by atoms with Gasteiger partial charge in [-0.05, 0) is 32.0 Å². The van der Waals surface area contributed by atoms with Crippen LogP contribution in [-0.2, 0) is 0 Å². The molecule has 3 nitrogen and oxygen atoms in total. The second-order valence-electron chi connectivity index (χ2n) is 5.25. The third-order valence-electron chi connectivity index (χ3n) is 3.88. The minimum atomic E-state index is 0.421. The SMILES string of the molecule is CCCN(C1CNC1)C(C)c1nc2ccccc2s1. The highest BCUT2D eigenvalue weighted by Crippen LogP contribution is 2.31. The summed E-state index contributed by atoms with van der Waals surface area (Å²) >= 11 is 1.84. The number of aromatic nitrogens is 1. The Morgan fingerprint density at radius 1 is 1.42 bits per heavy atom. The molecule has 2 aromatic rings. The molecule has 1 aliphatic rings. The van der Waals surface area contributed by atoms with Gasteiger partial charge in [0.05, 0.1) is 16.3 Å². The van der Waals surface area contributed by atoms with Crippen LogP contribution in [0.4, 0.5) is 0 Å². The molecule has 0 radical (unpaired) electrons. The van der Waals surface area contributed by atoms with Crippen LogP contribution in [0.2, 0.25) is 0 Å². The van der Waals surface area contributed by atoms with E-state index in [0.29, 0.717) is 12.1 Å². The Balaban J connectivity index is 1.85. The molecule has 0 spiro atoms. The maximum Gasteiger partial charge on any atom is 0.111 e. The molecule has 2 heterocycles. The molecule has 19 heavy (non-hydrogen) atoms. The van der Waals surface area contributed by atoms with Gasteiger partial charge in [0.25, 0.3) is 0 Å². The lowest BCUT2D eigenvalue weighted by molar-refractivity contribution is 0.103. The molecule has 1 saturated heterocycles. The van der Waals surface area contributed by atoms with Crippen LogP contribution in [0.1, 0.15) is 31.3 Å². The summed E-state index contributed by atoms with van der Waals surface area (Å²) in [6.07, 6.45) is 1.20. The highest BCUT2D eigenvalue weighted by molar-refractivity contribution is 7.18. The van der Waals surface area contributed by atoms with Crippen LogP contribution in [0.3, 0.4) is 0 Å². The summed E-state index contributed by atoms with van der Waals surface area (Å²) in [5.41, 5.74) is 1.14. The zero-order chi connectivity index (χ0) is 13.2. The van der Waals surface area contributed by atoms with Crippen molar-refractivity contribution < 1.29 is 0 Å². The molecular formula is C15H21N3S. The van der Waals surface area contributed by atoms with Crippen molar-refractivity contribution in [3.8, 4) is 0 Å². The van der Waals surface area contributed by atoms with Crippen molar-refractivity contribution in [1.82, 2.24) is 15.2 Å². The summed E-state index contributed by atoms with van der Waals surface area (Å²) in [6, 6.07) is 9.53. The van der Waals surface area contributed by atoms with Crippen molar-refractivity contribution in [3.63, 3.8) is 0 Å². The Labute approximate surface area is 118 Å². The molecule has 3 rings (SSSR count). The van der Waals surface area contributed by atoms with Crippen LogP contribution >= 0.6 is 11.3 Å². The normalized spacial score (nSPS) is 17.8. The van der Waals surface area contributed by atoms with Crippen molar-refractivity contribution in [1.29, 1.82) is 0 Å². The van der Waals surface area contributed by atoms with E-state index in [1.165, 1.54) is 16.1 Å². The third-order valence-corrected chi connectivity index (χ3v) is 5.08. The standard InChI is InChI=1S/C15H21N3S/c1-3-8-18(12-9-16-10-12)11(2)15-17-13-6-4-5-7-14(13)19-15/h4-7,11-12,16H,3,8-10H2,1-2H3. The molecule has 0 bridgehead atoms. The van der Waals surface area contributed by atoms with Gasteiger partial charge >= 0.3 is 0 Å². The number of fused-ring (bicyclic) bond motifs is 1. The fourth-order valence-electron chi connectivity index (χ4n) is 2.67. The second kappa shape index (κ2) is 5.57. The summed E-state index contributed by atoms with van der Waals surface area (Å²) in [6.45, 7) is 7.95. The Hall–Kier alpha value is -0.970. The van der Waals surface area contributed by atoms with Crippen LogP contribution in [0.25, 0.3) is 10.2 Å². The molecule has 1 aromatic heterocycles. The zero-order valence-electron chi connectivity index (χ0n) is 11.6. The molecule has 102 valence electrons. The zero-order valence-corrected chi connectivity index (χ0v) is 12.4. The summed E-state index contributed by atoms with van der Waals surface area (Å²) in [5, 5.41) is 4.63. The van der Waals surface area contributed by atoms with Gasteiger partial charge in [-0.3, -0.25) is 4.90 Å². The quantitative estimate of drug-likeness (QED) is 0.909. The molecule has 0 saturated carbocycles. The lowest BCUT2D eigenvalue weighted by Crippen LogP contribution is -2.57. The number of nitrogens with one attached hydrogen (secondary N) is 1. The lowest BCUT2D eigenvalue weighted by atomic mass is 10.1. The number of thiazole rings is 1. The van der Waals surface area contributed by atoms with Crippen LogP contribution in [-0.4, -0.2) is 35.6 Å². The van der Waals surface area contributed by atoms with E-state index in [1.54, 1.807) is 0 Å². The average molecular weight is 275 g/mol. The van der Waals surface area contributed by atoms with E-state index in [9.17, 15) is 0 Å². The van der Waals surface area contributed by atoms with Gasteiger partial charge in [-0.1, -0.05) is 19.1 Å². The van der Waals surface area contributed by atoms with E-state index < -0.39 is 0 Å². The number of para-hydroxylation sites is 1. The van der Waals surface area contributed by atoms with Gasteiger partial charge in [-0.25, -0.2) is 4.98 Å². The number of hydrogen-bond donors (Lipinski definition) is 1. The Kier molecular flexibility index (Phi) is 3.82. The topological polar surface area (TPSA) is 28.2 Å². The molecule has 1 atom stereocenters. The molecule has 1 N–H and O–H groups in total. The van der Waals surface area contributed by atoms with Gasteiger partial charge in [-0.2, -0.15) is 0 Å². The molecule has 1 aliphatic heterocycles. The minimum Gasteiger partial charge on any atom is -0.314 e. The van der Waals surface area contributed by atoms with E-state index in [2.05, 4.69) is 48.3 Å². The Morgan fingerprint density at radius 3 is 2.84 bits per heavy atom. The summed E-state index contributed by atoms with van der Waals surface area (Å²) in [7, 11) is 0. The van der Waals surface area contributed by atoms with E-state index in [4.69, 9.17) is 4.98 Å². The molecular weight excluding hydrogens is 254 g/mol. The second-order valence-corrected chi connectivity index (χ2v) is 6.31. The highest BCUT2D eigenvalue weighted by Gasteiger charge is 2.29. The first kappa shape index (κ1) is 13.0.